The molecule has 2 amide bonds. The van der Waals surface area contributed by atoms with Gasteiger partial charge in [-0.2, -0.15) is 0 Å². The highest BCUT2D eigenvalue weighted by Gasteiger charge is 2.36. The smallest absolute Gasteiger partial charge is 0.408 e. The minimum Gasteiger partial charge on any atom is -0.493 e. The third kappa shape index (κ3) is 8.45. The number of ether oxygens (including phenoxy) is 3. The number of alkyl carbamates (subject to hydrolysis) is 1. The number of carbonyl (C=O) groups excluding carboxylic acids is 2. The van der Waals surface area contributed by atoms with Crippen molar-refractivity contribution in [2.75, 3.05) is 13.7 Å². The van der Waals surface area contributed by atoms with Gasteiger partial charge in [-0.05, 0) is 120 Å². The topological polar surface area (TPSA) is 98.8 Å². The summed E-state index contributed by atoms with van der Waals surface area (Å²) < 4.78 is 31.0. The number of aromatic nitrogens is 1. The molecular formula is C35H41ClFN3O5. The minimum atomic E-state index is -0.850. The van der Waals surface area contributed by atoms with Gasteiger partial charge < -0.3 is 24.8 Å². The van der Waals surface area contributed by atoms with Crippen LogP contribution in [0, 0.1) is 11.7 Å². The van der Waals surface area contributed by atoms with Crippen molar-refractivity contribution in [3.63, 3.8) is 0 Å². The van der Waals surface area contributed by atoms with E-state index in [4.69, 9.17) is 30.8 Å². The Morgan fingerprint density at radius 2 is 1.73 bits per heavy atom. The summed E-state index contributed by atoms with van der Waals surface area (Å²) in [7, 11) is 1.56. The van der Waals surface area contributed by atoms with E-state index in [1.165, 1.54) is 6.07 Å². The summed E-state index contributed by atoms with van der Waals surface area (Å²) in [6.07, 6.45) is 3.71. The quantitative estimate of drug-likeness (QED) is 0.223. The summed E-state index contributed by atoms with van der Waals surface area (Å²) in [4.78, 5) is 31.1. The largest absolute Gasteiger partial charge is 0.493 e. The van der Waals surface area contributed by atoms with Gasteiger partial charge in [0.05, 0.1) is 29.5 Å². The van der Waals surface area contributed by atoms with Gasteiger partial charge in [0.2, 0.25) is 0 Å². The fourth-order valence-electron chi connectivity index (χ4n) is 5.12. The second kappa shape index (κ2) is 12.9. The number of amides is 2. The van der Waals surface area contributed by atoms with Crippen molar-refractivity contribution in [2.24, 2.45) is 5.92 Å². The van der Waals surface area contributed by atoms with Gasteiger partial charge in [-0.15, -0.1) is 0 Å². The molecule has 5 rings (SSSR count). The summed E-state index contributed by atoms with van der Waals surface area (Å²) in [5.41, 5.74) is 1.71. The minimum absolute atomic E-state index is 0.0117. The van der Waals surface area contributed by atoms with Crippen LogP contribution in [-0.4, -0.2) is 42.3 Å². The molecule has 10 heteroatoms. The molecule has 1 unspecified atom stereocenters. The van der Waals surface area contributed by atoms with E-state index in [9.17, 15) is 14.0 Å². The normalized spacial score (nSPS) is 15.6. The van der Waals surface area contributed by atoms with Gasteiger partial charge in [-0.25, -0.2) is 9.18 Å². The van der Waals surface area contributed by atoms with Gasteiger partial charge in [0.1, 0.15) is 11.4 Å². The highest BCUT2D eigenvalue weighted by molar-refractivity contribution is 6.31. The number of nitrogens with zero attached hydrogens (tertiary/aromatic N) is 1. The first kappa shape index (κ1) is 32.5. The molecule has 0 bridgehead atoms. The van der Waals surface area contributed by atoms with E-state index < -0.39 is 23.1 Å². The van der Waals surface area contributed by atoms with Gasteiger partial charge in [-0.1, -0.05) is 11.6 Å². The van der Waals surface area contributed by atoms with Crippen LogP contribution in [0.4, 0.5) is 9.18 Å². The summed E-state index contributed by atoms with van der Waals surface area (Å²) >= 11 is 6.15. The number of nitrogens with one attached hydrogen (secondary N) is 2. The Labute approximate surface area is 269 Å². The maximum absolute atomic E-state index is 14.1. The Balaban J connectivity index is 1.43. The van der Waals surface area contributed by atoms with E-state index >= 15 is 0 Å². The third-order valence-electron chi connectivity index (χ3n) is 7.89. The molecule has 2 aliphatic rings. The van der Waals surface area contributed by atoms with Crippen molar-refractivity contribution in [3.8, 4) is 22.8 Å². The lowest BCUT2D eigenvalue weighted by Gasteiger charge is -2.30. The number of benzene rings is 2. The van der Waals surface area contributed by atoms with E-state index in [0.29, 0.717) is 40.8 Å². The van der Waals surface area contributed by atoms with E-state index in [1.807, 2.05) is 26.0 Å². The van der Waals surface area contributed by atoms with Crippen LogP contribution < -0.4 is 20.1 Å². The molecule has 1 atom stereocenters. The average Bonchev–Trinajstić information content (AvgIpc) is 3.90. The standard InChI is InChI=1S/C35H41ClFN3O5/c1-34(2,3)45-33(42)40-35(4,5)23-17-28(21-9-13-27(37)26(36)15-21)39-29(18-23)25(20-7-8-20)19-38-32(41)22-10-14-30(31(16-22)43-6)44-24-11-12-24/h9-10,13-18,20,24-25H,7-8,11-12,19H2,1-6H3,(H,38,41)(H,40,42). The van der Waals surface area contributed by atoms with E-state index in [0.717, 1.165) is 36.9 Å². The van der Waals surface area contributed by atoms with Crippen molar-refractivity contribution in [3.05, 3.63) is 76.2 Å². The lowest BCUT2D eigenvalue weighted by molar-refractivity contribution is 0.0470. The van der Waals surface area contributed by atoms with Crippen LogP contribution in [0.1, 0.15) is 87.8 Å². The second-order valence-electron chi connectivity index (χ2n) is 13.4. The Hall–Kier alpha value is -3.85. The predicted molar refractivity (Wildman–Crippen MR) is 171 cm³/mol. The first-order valence-corrected chi connectivity index (χ1v) is 15.7. The first-order chi connectivity index (χ1) is 21.2. The molecule has 2 aliphatic carbocycles. The average molecular weight is 638 g/mol. The van der Waals surface area contributed by atoms with Crippen LogP contribution >= 0.6 is 11.6 Å². The molecule has 2 fully saturated rings. The van der Waals surface area contributed by atoms with E-state index in [2.05, 4.69) is 10.6 Å². The SMILES string of the molecule is COc1cc(C(=O)NCC(c2cc(C(C)(C)NC(=O)OC(C)(C)C)cc(-c3ccc(F)c(Cl)c3)n2)C2CC2)ccc1OC1CC1. The summed E-state index contributed by atoms with van der Waals surface area (Å²) in [6, 6.07) is 13.5. The zero-order valence-electron chi connectivity index (χ0n) is 26.6. The lowest BCUT2D eigenvalue weighted by Crippen LogP contribution is -2.44. The number of methoxy groups -OCH3 is 1. The van der Waals surface area contributed by atoms with Crippen molar-refractivity contribution in [1.82, 2.24) is 15.6 Å². The van der Waals surface area contributed by atoms with Crippen molar-refractivity contribution in [2.45, 2.75) is 83.5 Å². The van der Waals surface area contributed by atoms with Crippen LogP contribution in [0.3, 0.4) is 0 Å². The summed E-state index contributed by atoms with van der Waals surface area (Å²) in [5, 5.41) is 6.06. The highest BCUT2D eigenvalue weighted by Crippen LogP contribution is 2.43. The maximum atomic E-state index is 14.1. The van der Waals surface area contributed by atoms with Crippen LogP contribution in [0.5, 0.6) is 11.5 Å². The summed E-state index contributed by atoms with van der Waals surface area (Å²) in [5.74, 6) is 0.620. The number of rotatable bonds is 11. The molecule has 2 N–H and O–H groups in total. The summed E-state index contributed by atoms with van der Waals surface area (Å²) in [6.45, 7) is 9.54. The first-order valence-electron chi connectivity index (χ1n) is 15.3. The van der Waals surface area contributed by atoms with Crippen LogP contribution in [0.2, 0.25) is 5.02 Å². The Morgan fingerprint density at radius 1 is 1.00 bits per heavy atom. The number of hydrogen-bond acceptors (Lipinski definition) is 6. The maximum Gasteiger partial charge on any atom is 0.408 e. The number of hydrogen-bond donors (Lipinski definition) is 2. The molecule has 2 saturated carbocycles. The van der Waals surface area contributed by atoms with Gasteiger partial charge in [0, 0.05) is 29.3 Å². The number of carbonyl (C=O) groups is 2. The molecule has 0 aliphatic heterocycles. The van der Waals surface area contributed by atoms with Crippen LogP contribution in [0.15, 0.2) is 48.5 Å². The predicted octanol–water partition coefficient (Wildman–Crippen LogP) is 7.77. The van der Waals surface area contributed by atoms with Crippen molar-refractivity contribution < 1.29 is 28.2 Å². The molecule has 0 radical (unpaired) electrons. The molecule has 1 aromatic heterocycles. The molecular weight excluding hydrogens is 597 g/mol. The van der Waals surface area contributed by atoms with Crippen molar-refractivity contribution >= 4 is 23.6 Å². The zero-order valence-corrected chi connectivity index (χ0v) is 27.4. The lowest BCUT2D eigenvalue weighted by atomic mass is 9.89. The molecule has 1 heterocycles. The third-order valence-corrected chi connectivity index (χ3v) is 8.18. The monoisotopic (exact) mass is 637 g/mol. The molecule has 240 valence electrons. The zero-order chi connectivity index (χ0) is 32.5. The fraction of sp³-hybridized carbons (Fsp3) is 0.457. The van der Waals surface area contributed by atoms with Gasteiger partial charge in [-0.3, -0.25) is 9.78 Å². The van der Waals surface area contributed by atoms with Crippen molar-refractivity contribution in [1.29, 1.82) is 0 Å². The van der Waals surface area contributed by atoms with Gasteiger partial charge in [0.25, 0.3) is 5.91 Å². The van der Waals surface area contributed by atoms with E-state index in [1.54, 1.807) is 58.2 Å². The Kier molecular flexibility index (Phi) is 9.31. The molecule has 8 nitrogen and oxygen atoms in total. The molecule has 2 aromatic carbocycles. The molecule has 0 saturated heterocycles. The van der Waals surface area contributed by atoms with Gasteiger partial charge >= 0.3 is 6.09 Å². The number of pyridine rings is 1. The Bertz CT molecular complexity index is 1580. The fourth-order valence-corrected chi connectivity index (χ4v) is 5.31. The van der Waals surface area contributed by atoms with E-state index in [-0.39, 0.29) is 23.0 Å². The van der Waals surface area contributed by atoms with Crippen LogP contribution in [0.25, 0.3) is 11.3 Å². The second-order valence-corrected chi connectivity index (χ2v) is 13.8. The van der Waals surface area contributed by atoms with Gasteiger partial charge in [0.15, 0.2) is 11.5 Å². The highest BCUT2D eigenvalue weighted by atomic mass is 35.5. The molecule has 0 spiro atoms. The Morgan fingerprint density at radius 3 is 2.36 bits per heavy atom. The molecule has 3 aromatic rings. The van der Waals surface area contributed by atoms with Crippen LogP contribution in [-0.2, 0) is 10.3 Å². The molecule has 45 heavy (non-hydrogen) atoms. The number of halogens is 2.